The van der Waals surface area contributed by atoms with Crippen LogP contribution in [0.1, 0.15) is 10.4 Å². The van der Waals surface area contributed by atoms with Crippen LogP contribution in [0.4, 0.5) is 0 Å². The molecule has 0 atom stereocenters. The molecule has 0 radical (unpaired) electrons. The zero-order valence-electron chi connectivity index (χ0n) is 13.4. The second kappa shape index (κ2) is 7.23. The normalized spacial score (nSPS) is 14.2. The second-order valence-electron chi connectivity index (χ2n) is 4.97. The van der Waals surface area contributed by atoms with Crippen molar-refractivity contribution in [2.75, 3.05) is 20.3 Å². The topological polar surface area (TPSA) is 79.1 Å². The Hall–Kier alpha value is -3.05. The molecule has 0 saturated heterocycles. The summed E-state index contributed by atoms with van der Waals surface area (Å²) in [4.78, 5) is 28.4. The number of carbonyl (C=O) groups is 2. The lowest BCUT2D eigenvalue weighted by Crippen LogP contribution is -2.19. The molecule has 0 aliphatic carbocycles. The van der Waals surface area contributed by atoms with Gasteiger partial charge in [-0.1, -0.05) is 17.3 Å². The Morgan fingerprint density at radius 3 is 2.96 bits per heavy atom. The lowest BCUT2D eigenvalue weighted by atomic mass is 10.2. The fourth-order valence-electron chi connectivity index (χ4n) is 2.27. The predicted molar refractivity (Wildman–Crippen MR) is 90.5 cm³/mol. The maximum Gasteiger partial charge on any atom is 0.337 e. The number of carbonyl (C=O) groups excluding carboxylic acids is 2. The SMILES string of the molecule is C#CCn1c(=NC(=O)C2=COCCO2)sc2cc(C(=O)OC)ccc21. The van der Waals surface area contributed by atoms with Crippen LogP contribution in [0.5, 0.6) is 0 Å². The van der Waals surface area contributed by atoms with Gasteiger partial charge in [-0.15, -0.1) is 6.42 Å². The fourth-order valence-corrected chi connectivity index (χ4v) is 3.34. The van der Waals surface area contributed by atoms with E-state index >= 15 is 0 Å². The van der Waals surface area contributed by atoms with E-state index in [0.717, 1.165) is 10.2 Å². The van der Waals surface area contributed by atoms with E-state index in [-0.39, 0.29) is 12.3 Å². The number of thiazole rings is 1. The number of hydrogen-bond donors (Lipinski definition) is 0. The first-order valence-corrected chi connectivity index (χ1v) is 8.14. The summed E-state index contributed by atoms with van der Waals surface area (Å²) in [5.74, 6) is 1.60. The van der Waals surface area contributed by atoms with Crippen molar-refractivity contribution in [1.29, 1.82) is 0 Å². The Bertz CT molecular complexity index is 977. The molecular formula is C17H14N2O5S. The van der Waals surface area contributed by atoms with Crippen LogP contribution >= 0.6 is 11.3 Å². The van der Waals surface area contributed by atoms with Crippen molar-refractivity contribution >= 4 is 33.4 Å². The first-order valence-electron chi connectivity index (χ1n) is 7.33. The summed E-state index contributed by atoms with van der Waals surface area (Å²) in [6, 6.07) is 5.07. The standard InChI is InChI=1S/C17H14N2O5S/c1-3-6-19-12-5-4-11(16(21)22-2)9-14(12)25-17(19)18-15(20)13-10-23-7-8-24-13/h1,4-5,9-10H,6-8H2,2H3. The molecule has 0 fully saturated rings. The van der Waals surface area contributed by atoms with Gasteiger partial charge in [-0.3, -0.25) is 4.79 Å². The van der Waals surface area contributed by atoms with Crippen LogP contribution in [-0.4, -0.2) is 36.8 Å². The molecule has 2 aromatic rings. The summed E-state index contributed by atoms with van der Waals surface area (Å²) in [7, 11) is 1.32. The van der Waals surface area contributed by atoms with Gasteiger partial charge in [0.1, 0.15) is 19.5 Å². The molecule has 0 bridgehead atoms. The highest BCUT2D eigenvalue weighted by Gasteiger charge is 2.16. The molecule has 128 valence electrons. The Morgan fingerprint density at radius 1 is 1.44 bits per heavy atom. The number of methoxy groups -OCH3 is 1. The van der Waals surface area contributed by atoms with Crippen LogP contribution in [0.3, 0.4) is 0 Å². The molecular weight excluding hydrogens is 344 g/mol. The third kappa shape index (κ3) is 3.41. The van der Waals surface area contributed by atoms with Gasteiger partial charge >= 0.3 is 11.9 Å². The van der Waals surface area contributed by atoms with Gasteiger partial charge in [0.15, 0.2) is 4.80 Å². The van der Waals surface area contributed by atoms with Crippen molar-refractivity contribution in [1.82, 2.24) is 4.57 Å². The van der Waals surface area contributed by atoms with E-state index < -0.39 is 11.9 Å². The van der Waals surface area contributed by atoms with E-state index in [1.807, 2.05) is 0 Å². The van der Waals surface area contributed by atoms with Gasteiger partial charge in [-0.25, -0.2) is 4.79 Å². The van der Waals surface area contributed by atoms with Crippen LogP contribution < -0.4 is 4.80 Å². The largest absolute Gasteiger partial charge is 0.494 e. The van der Waals surface area contributed by atoms with Crippen LogP contribution in [0, 0.1) is 12.3 Å². The number of benzene rings is 1. The number of esters is 1. The molecule has 3 rings (SSSR count). The van der Waals surface area contributed by atoms with E-state index in [2.05, 4.69) is 10.9 Å². The minimum atomic E-state index is -0.551. The highest BCUT2D eigenvalue weighted by atomic mass is 32.1. The molecule has 1 amide bonds. The molecule has 0 N–H and O–H groups in total. The zero-order valence-corrected chi connectivity index (χ0v) is 14.2. The first kappa shape index (κ1) is 16.8. The minimum absolute atomic E-state index is 0.0474. The number of aromatic nitrogens is 1. The summed E-state index contributed by atoms with van der Waals surface area (Å²) in [6.45, 7) is 0.930. The van der Waals surface area contributed by atoms with Gasteiger partial charge in [-0.05, 0) is 18.2 Å². The van der Waals surface area contributed by atoms with Crippen molar-refractivity contribution in [2.24, 2.45) is 4.99 Å². The summed E-state index contributed by atoms with van der Waals surface area (Å²) in [6.07, 6.45) is 6.68. The highest BCUT2D eigenvalue weighted by Crippen LogP contribution is 2.20. The van der Waals surface area contributed by atoms with E-state index in [9.17, 15) is 9.59 Å². The number of rotatable bonds is 3. The molecule has 7 nitrogen and oxygen atoms in total. The lowest BCUT2D eigenvalue weighted by Gasteiger charge is -2.12. The first-order chi connectivity index (χ1) is 12.1. The summed E-state index contributed by atoms with van der Waals surface area (Å²) in [5.41, 5.74) is 1.19. The Balaban J connectivity index is 2.10. The molecule has 1 aromatic carbocycles. The van der Waals surface area contributed by atoms with Crippen LogP contribution in [0.25, 0.3) is 10.2 Å². The van der Waals surface area contributed by atoms with Crippen LogP contribution in [0.15, 0.2) is 35.2 Å². The van der Waals surface area contributed by atoms with Crippen molar-refractivity contribution in [2.45, 2.75) is 6.54 Å². The van der Waals surface area contributed by atoms with E-state index in [4.69, 9.17) is 20.6 Å². The maximum atomic E-state index is 12.2. The van der Waals surface area contributed by atoms with Crippen LogP contribution in [-0.2, 0) is 25.5 Å². The Labute approximate surface area is 147 Å². The smallest absolute Gasteiger partial charge is 0.337 e. The van der Waals surface area contributed by atoms with Crippen LogP contribution in [0.2, 0.25) is 0 Å². The number of amides is 1. The quantitative estimate of drug-likeness (QED) is 0.613. The van der Waals surface area contributed by atoms with E-state index in [1.165, 1.54) is 24.7 Å². The monoisotopic (exact) mass is 358 g/mol. The second-order valence-corrected chi connectivity index (χ2v) is 5.98. The molecule has 1 aromatic heterocycles. The molecule has 1 aliphatic rings. The molecule has 25 heavy (non-hydrogen) atoms. The fraction of sp³-hybridized carbons (Fsp3) is 0.235. The van der Waals surface area contributed by atoms with Crippen molar-refractivity contribution in [3.63, 3.8) is 0 Å². The average Bonchev–Trinajstić information content (AvgIpc) is 2.98. The summed E-state index contributed by atoms with van der Waals surface area (Å²) >= 11 is 1.25. The van der Waals surface area contributed by atoms with Gasteiger partial charge in [0.05, 0.1) is 29.4 Å². The van der Waals surface area contributed by atoms with Crippen molar-refractivity contribution < 1.29 is 23.8 Å². The zero-order chi connectivity index (χ0) is 17.8. The minimum Gasteiger partial charge on any atom is -0.494 e. The third-order valence-electron chi connectivity index (χ3n) is 3.41. The highest BCUT2D eigenvalue weighted by molar-refractivity contribution is 7.16. The molecule has 0 saturated carbocycles. The Morgan fingerprint density at radius 2 is 2.28 bits per heavy atom. The lowest BCUT2D eigenvalue weighted by molar-refractivity contribution is -0.119. The number of fused-ring (bicyclic) bond motifs is 1. The number of ether oxygens (including phenoxy) is 3. The van der Waals surface area contributed by atoms with Crippen molar-refractivity contribution in [3.8, 4) is 12.3 Å². The number of hydrogen-bond acceptors (Lipinski definition) is 6. The maximum absolute atomic E-state index is 12.2. The number of terminal acetylenes is 1. The van der Waals surface area contributed by atoms with Gasteiger partial charge < -0.3 is 18.8 Å². The van der Waals surface area contributed by atoms with Gasteiger partial charge in [0.2, 0.25) is 5.76 Å². The molecule has 2 heterocycles. The Kier molecular flexibility index (Phi) is 4.86. The van der Waals surface area contributed by atoms with Gasteiger partial charge in [0, 0.05) is 0 Å². The average molecular weight is 358 g/mol. The molecule has 1 aliphatic heterocycles. The summed E-state index contributed by atoms with van der Waals surface area (Å²) < 4.78 is 17.5. The molecule has 0 unspecified atom stereocenters. The van der Waals surface area contributed by atoms with E-state index in [0.29, 0.717) is 23.6 Å². The third-order valence-corrected chi connectivity index (χ3v) is 4.45. The number of nitrogens with zero attached hydrogens (tertiary/aromatic N) is 2. The van der Waals surface area contributed by atoms with Gasteiger partial charge in [-0.2, -0.15) is 4.99 Å². The van der Waals surface area contributed by atoms with Crippen molar-refractivity contribution in [3.05, 3.63) is 40.6 Å². The summed E-state index contributed by atoms with van der Waals surface area (Å²) in [5, 5.41) is 0. The molecule has 0 spiro atoms. The van der Waals surface area contributed by atoms with E-state index in [1.54, 1.807) is 22.8 Å². The van der Waals surface area contributed by atoms with Gasteiger partial charge in [0.25, 0.3) is 0 Å². The predicted octanol–water partition coefficient (Wildman–Crippen LogP) is 1.44. The molecule has 8 heteroatoms.